The van der Waals surface area contributed by atoms with Gasteiger partial charge >= 0.3 is 5.97 Å². The Hall–Kier alpha value is -1.40. The highest BCUT2D eigenvalue weighted by molar-refractivity contribution is 5.76. The number of carbonyl (C=O) groups excluding carboxylic acids is 2. The van der Waals surface area contributed by atoms with Gasteiger partial charge in [-0.1, -0.05) is 238 Å². The predicted octanol–water partition coefficient (Wildman–Crippen LogP) is 14.6. The van der Waals surface area contributed by atoms with E-state index in [4.69, 9.17) is 4.74 Å². The fourth-order valence-corrected chi connectivity index (χ4v) is 7.69. The number of hydrogen-bond acceptors (Lipinski definition) is 5. The van der Waals surface area contributed by atoms with Crippen LogP contribution in [0.4, 0.5) is 0 Å². The molecule has 0 rings (SSSR count). The van der Waals surface area contributed by atoms with E-state index in [1.165, 1.54) is 186 Å². The lowest BCUT2D eigenvalue weighted by atomic mass is 10.0. The third kappa shape index (κ3) is 42.2. The third-order valence-electron chi connectivity index (χ3n) is 11.6. The lowest BCUT2D eigenvalue weighted by Crippen LogP contribution is -2.45. The molecule has 0 aromatic heterocycles. The van der Waals surface area contributed by atoms with Crippen LogP contribution in [-0.4, -0.2) is 47.4 Å². The number of ether oxygens (including phenoxy) is 1. The average molecular weight is 792 g/mol. The van der Waals surface area contributed by atoms with Crippen molar-refractivity contribution in [3.05, 3.63) is 12.2 Å². The van der Waals surface area contributed by atoms with E-state index in [9.17, 15) is 19.8 Å². The Labute approximate surface area is 349 Å². The van der Waals surface area contributed by atoms with Crippen molar-refractivity contribution in [3.8, 4) is 0 Å². The first kappa shape index (κ1) is 54.6. The summed E-state index contributed by atoms with van der Waals surface area (Å²) < 4.78 is 5.46. The second kappa shape index (κ2) is 46.3. The maximum atomic E-state index is 12.4. The van der Waals surface area contributed by atoms with Crippen LogP contribution in [0.1, 0.15) is 271 Å². The van der Waals surface area contributed by atoms with Crippen molar-refractivity contribution in [1.82, 2.24) is 5.32 Å². The van der Waals surface area contributed by atoms with E-state index in [1.807, 2.05) is 6.08 Å². The van der Waals surface area contributed by atoms with Crippen molar-refractivity contribution in [2.45, 2.75) is 283 Å². The van der Waals surface area contributed by atoms with Crippen molar-refractivity contribution in [1.29, 1.82) is 0 Å². The average Bonchev–Trinajstić information content (AvgIpc) is 3.20. The Morgan fingerprint density at radius 3 is 1.21 bits per heavy atom. The van der Waals surface area contributed by atoms with Gasteiger partial charge in [0.25, 0.3) is 0 Å². The normalized spacial score (nSPS) is 12.7. The second-order valence-electron chi connectivity index (χ2n) is 17.2. The smallest absolute Gasteiger partial charge is 0.305 e. The third-order valence-corrected chi connectivity index (χ3v) is 11.6. The maximum absolute atomic E-state index is 12.4. The first-order valence-electron chi connectivity index (χ1n) is 25.0. The molecule has 6 heteroatoms. The van der Waals surface area contributed by atoms with E-state index in [0.29, 0.717) is 19.4 Å². The summed E-state index contributed by atoms with van der Waals surface area (Å²) in [6.07, 6.45) is 52.0. The van der Waals surface area contributed by atoms with Gasteiger partial charge in [-0.15, -0.1) is 0 Å². The molecule has 0 heterocycles. The van der Waals surface area contributed by atoms with Gasteiger partial charge in [-0.2, -0.15) is 0 Å². The molecule has 56 heavy (non-hydrogen) atoms. The Balaban J connectivity index is 3.48. The largest absolute Gasteiger partial charge is 0.466 e. The summed E-state index contributed by atoms with van der Waals surface area (Å²) in [7, 11) is 0. The molecule has 0 saturated carbocycles. The van der Waals surface area contributed by atoms with Crippen LogP contribution < -0.4 is 5.32 Å². The molecule has 0 bridgehead atoms. The van der Waals surface area contributed by atoms with Crippen LogP contribution in [-0.2, 0) is 14.3 Å². The van der Waals surface area contributed by atoms with Crippen LogP contribution in [0.3, 0.4) is 0 Å². The molecule has 0 aliphatic carbocycles. The zero-order valence-electron chi connectivity index (χ0n) is 37.6. The minimum atomic E-state index is -0.854. The second-order valence-corrected chi connectivity index (χ2v) is 17.2. The van der Waals surface area contributed by atoms with Gasteiger partial charge in [0.1, 0.15) is 0 Å². The van der Waals surface area contributed by atoms with Crippen LogP contribution in [0, 0.1) is 0 Å². The van der Waals surface area contributed by atoms with Crippen molar-refractivity contribution in [2.75, 3.05) is 13.2 Å². The van der Waals surface area contributed by atoms with Gasteiger partial charge in [0.15, 0.2) is 0 Å². The van der Waals surface area contributed by atoms with Crippen LogP contribution in [0.25, 0.3) is 0 Å². The summed E-state index contributed by atoms with van der Waals surface area (Å²) >= 11 is 0. The monoisotopic (exact) mass is 792 g/mol. The number of rotatable bonds is 46. The van der Waals surface area contributed by atoms with Crippen LogP contribution >= 0.6 is 0 Å². The molecule has 0 aromatic carbocycles. The number of esters is 1. The first-order valence-corrected chi connectivity index (χ1v) is 25.0. The molecule has 0 aromatic rings. The number of carbonyl (C=O) groups is 2. The minimum absolute atomic E-state index is 0.0127. The van der Waals surface area contributed by atoms with Crippen LogP contribution in [0.2, 0.25) is 0 Å². The van der Waals surface area contributed by atoms with Gasteiger partial charge in [0.05, 0.1) is 25.4 Å². The Morgan fingerprint density at radius 1 is 0.482 bits per heavy atom. The van der Waals surface area contributed by atoms with Crippen molar-refractivity contribution in [2.24, 2.45) is 0 Å². The first-order chi connectivity index (χ1) is 27.5. The molecule has 0 aliphatic rings. The lowest BCUT2D eigenvalue weighted by molar-refractivity contribution is -0.143. The Kier molecular flexibility index (Phi) is 45.1. The van der Waals surface area contributed by atoms with Crippen LogP contribution in [0.5, 0.6) is 0 Å². The summed E-state index contributed by atoms with van der Waals surface area (Å²) in [5, 5.41) is 23.0. The number of amides is 1. The zero-order chi connectivity index (χ0) is 40.8. The van der Waals surface area contributed by atoms with E-state index in [-0.39, 0.29) is 18.5 Å². The molecule has 0 spiro atoms. The molecule has 0 aliphatic heterocycles. The molecule has 2 unspecified atom stereocenters. The maximum Gasteiger partial charge on any atom is 0.305 e. The Bertz CT molecular complexity index is 832. The van der Waals surface area contributed by atoms with Gasteiger partial charge in [0, 0.05) is 12.8 Å². The summed E-state index contributed by atoms with van der Waals surface area (Å²) in [4.78, 5) is 24.4. The van der Waals surface area contributed by atoms with E-state index in [1.54, 1.807) is 6.08 Å². The molecule has 1 amide bonds. The highest BCUT2D eigenvalue weighted by Crippen LogP contribution is 2.16. The fourth-order valence-electron chi connectivity index (χ4n) is 7.69. The number of hydrogen-bond donors (Lipinski definition) is 3. The highest BCUT2D eigenvalue weighted by Gasteiger charge is 2.18. The lowest BCUT2D eigenvalue weighted by Gasteiger charge is -2.20. The predicted molar refractivity (Wildman–Crippen MR) is 241 cm³/mol. The van der Waals surface area contributed by atoms with Gasteiger partial charge in [-0.25, -0.2) is 0 Å². The molecule has 332 valence electrons. The zero-order valence-corrected chi connectivity index (χ0v) is 37.6. The summed E-state index contributed by atoms with van der Waals surface area (Å²) in [6, 6.07) is -0.639. The van der Waals surface area contributed by atoms with Crippen molar-refractivity contribution < 1.29 is 24.5 Å². The van der Waals surface area contributed by atoms with E-state index < -0.39 is 12.1 Å². The van der Waals surface area contributed by atoms with Gasteiger partial charge < -0.3 is 20.3 Å². The van der Waals surface area contributed by atoms with E-state index in [2.05, 4.69) is 19.2 Å². The molecule has 3 N–H and O–H groups in total. The molecule has 0 radical (unpaired) electrons. The SMILES string of the molecule is CCCCCCCCCCCCC/C=C/C(O)C(CO)NC(=O)CCCCCCCCCCCCCOC(=O)CCCCCCCCCCCCCCCCC. The van der Waals surface area contributed by atoms with E-state index >= 15 is 0 Å². The molecular formula is C50H97NO5. The number of aliphatic hydroxyl groups excluding tert-OH is 2. The molecular weight excluding hydrogens is 695 g/mol. The number of aliphatic hydroxyl groups is 2. The summed E-state index contributed by atoms with van der Waals surface area (Å²) in [5.41, 5.74) is 0. The van der Waals surface area contributed by atoms with Gasteiger partial charge in [0.2, 0.25) is 5.91 Å². The fraction of sp³-hybridized carbons (Fsp3) is 0.920. The number of unbranched alkanes of at least 4 members (excludes halogenated alkanes) is 35. The number of allylic oxidation sites excluding steroid dienone is 1. The van der Waals surface area contributed by atoms with Gasteiger partial charge in [-0.05, 0) is 32.1 Å². The highest BCUT2D eigenvalue weighted by atomic mass is 16.5. The minimum Gasteiger partial charge on any atom is -0.466 e. The standard InChI is InChI=1S/C50H97NO5/c1-3-5-7-9-11-13-15-17-18-20-24-28-32-36-40-44-50(55)56-45-41-37-33-29-25-21-23-27-31-35-39-43-49(54)51-47(46-52)48(53)42-38-34-30-26-22-19-16-14-12-10-8-6-4-2/h38,42,47-48,52-53H,3-37,39-41,43-46H2,1-2H3,(H,51,54)/b42-38+. The van der Waals surface area contributed by atoms with E-state index in [0.717, 1.165) is 57.8 Å². The van der Waals surface area contributed by atoms with Crippen LogP contribution in [0.15, 0.2) is 12.2 Å². The summed E-state index contributed by atoms with van der Waals surface area (Å²) in [5.74, 6) is -0.0989. The Morgan fingerprint density at radius 2 is 0.821 bits per heavy atom. The number of nitrogens with one attached hydrogen (secondary N) is 1. The van der Waals surface area contributed by atoms with Gasteiger partial charge in [-0.3, -0.25) is 9.59 Å². The van der Waals surface area contributed by atoms with Crippen molar-refractivity contribution in [3.63, 3.8) is 0 Å². The quantitative estimate of drug-likeness (QED) is 0.0324. The molecule has 2 atom stereocenters. The molecule has 0 saturated heterocycles. The topological polar surface area (TPSA) is 95.9 Å². The summed E-state index contributed by atoms with van der Waals surface area (Å²) in [6.45, 7) is 4.86. The molecule has 6 nitrogen and oxygen atoms in total. The molecule has 0 fully saturated rings. The van der Waals surface area contributed by atoms with Crippen molar-refractivity contribution >= 4 is 11.9 Å².